The predicted molar refractivity (Wildman–Crippen MR) is 123 cm³/mol. The Hall–Kier alpha value is -2.50. The lowest BCUT2D eigenvalue weighted by Gasteiger charge is -2.42. The van der Waals surface area contributed by atoms with E-state index in [2.05, 4.69) is 76.6 Å². The van der Waals surface area contributed by atoms with Gasteiger partial charge in [0.15, 0.2) is 5.82 Å². The Morgan fingerprint density at radius 1 is 1.00 bits per heavy atom. The van der Waals surface area contributed by atoms with E-state index in [-0.39, 0.29) is 0 Å². The first-order valence-corrected chi connectivity index (χ1v) is 11.4. The molecule has 5 heteroatoms. The maximum absolute atomic E-state index is 5.94. The van der Waals surface area contributed by atoms with Gasteiger partial charge in [-0.25, -0.2) is 0 Å². The molecule has 164 valence electrons. The lowest BCUT2D eigenvalue weighted by atomic mass is 9.74. The zero-order chi connectivity index (χ0) is 21.5. The van der Waals surface area contributed by atoms with E-state index in [1.54, 1.807) is 0 Å². The molecular weight excluding hydrogens is 386 g/mol. The normalized spacial score (nSPS) is 16.5. The van der Waals surface area contributed by atoms with Crippen LogP contribution >= 0.6 is 0 Å². The van der Waals surface area contributed by atoms with Crippen molar-refractivity contribution in [2.45, 2.75) is 46.1 Å². The quantitative estimate of drug-likeness (QED) is 0.471. The van der Waals surface area contributed by atoms with Crippen molar-refractivity contribution in [2.75, 3.05) is 26.3 Å². The van der Waals surface area contributed by atoms with E-state index in [4.69, 9.17) is 9.26 Å². The molecule has 0 spiro atoms. The van der Waals surface area contributed by atoms with Gasteiger partial charge in [0.2, 0.25) is 0 Å². The van der Waals surface area contributed by atoms with Gasteiger partial charge in [-0.05, 0) is 81.3 Å². The van der Waals surface area contributed by atoms with Crippen LogP contribution in [0, 0.1) is 12.3 Å². The molecule has 1 aliphatic rings. The summed E-state index contributed by atoms with van der Waals surface area (Å²) >= 11 is 0. The van der Waals surface area contributed by atoms with Gasteiger partial charge in [0.1, 0.15) is 0 Å². The summed E-state index contributed by atoms with van der Waals surface area (Å²) in [5.41, 5.74) is 4.01. The van der Waals surface area contributed by atoms with Crippen LogP contribution in [-0.2, 0) is 17.7 Å². The second-order valence-corrected chi connectivity index (χ2v) is 8.74. The van der Waals surface area contributed by atoms with Gasteiger partial charge in [0, 0.05) is 18.7 Å². The minimum atomic E-state index is 0.294. The number of hydrogen-bond acceptors (Lipinski definition) is 5. The van der Waals surface area contributed by atoms with Crippen molar-refractivity contribution < 1.29 is 9.26 Å². The molecule has 1 saturated heterocycles. The third-order valence-electron chi connectivity index (χ3n) is 6.45. The van der Waals surface area contributed by atoms with Gasteiger partial charge in [-0.1, -0.05) is 47.6 Å². The van der Waals surface area contributed by atoms with Gasteiger partial charge in [0.25, 0.3) is 5.89 Å². The van der Waals surface area contributed by atoms with Crippen LogP contribution in [-0.4, -0.2) is 41.3 Å². The monoisotopic (exact) mass is 419 g/mol. The lowest BCUT2D eigenvalue weighted by molar-refractivity contribution is -0.00232. The van der Waals surface area contributed by atoms with E-state index in [1.165, 1.54) is 30.4 Å². The first-order chi connectivity index (χ1) is 15.2. The highest BCUT2D eigenvalue weighted by Gasteiger charge is 2.34. The van der Waals surface area contributed by atoms with Gasteiger partial charge in [0.05, 0.1) is 6.61 Å². The molecule has 0 N–H and O–H groups in total. The summed E-state index contributed by atoms with van der Waals surface area (Å²) in [4.78, 5) is 6.87. The third kappa shape index (κ3) is 5.81. The van der Waals surface area contributed by atoms with Crippen molar-refractivity contribution >= 4 is 0 Å². The second kappa shape index (κ2) is 10.2. The minimum Gasteiger partial charge on any atom is -0.381 e. The first-order valence-electron chi connectivity index (χ1n) is 11.4. The van der Waals surface area contributed by atoms with E-state index in [1.807, 2.05) is 6.92 Å². The van der Waals surface area contributed by atoms with E-state index < -0.39 is 0 Å². The fraction of sp³-hybridized carbons (Fsp3) is 0.462. The number of aryl methyl sites for hydroxylation is 2. The van der Waals surface area contributed by atoms with E-state index >= 15 is 0 Å². The molecular formula is C26H33N3O2. The molecule has 0 amide bonds. The Bertz CT molecular complexity index is 929. The molecule has 31 heavy (non-hydrogen) atoms. The maximum Gasteiger partial charge on any atom is 0.257 e. The first kappa shape index (κ1) is 21.7. The predicted octanol–water partition coefficient (Wildman–Crippen LogP) is 5.30. The van der Waals surface area contributed by atoms with Gasteiger partial charge < -0.3 is 9.26 Å². The lowest BCUT2D eigenvalue weighted by Crippen LogP contribution is -2.42. The molecule has 0 saturated carbocycles. The number of nitrogens with zero attached hydrogens (tertiary/aromatic N) is 3. The average molecular weight is 420 g/mol. The van der Waals surface area contributed by atoms with Crippen molar-refractivity contribution in [1.29, 1.82) is 0 Å². The van der Waals surface area contributed by atoms with Crippen LogP contribution < -0.4 is 0 Å². The Morgan fingerprint density at radius 2 is 1.74 bits per heavy atom. The highest BCUT2D eigenvalue weighted by atomic mass is 16.5. The summed E-state index contributed by atoms with van der Waals surface area (Å²) in [6.45, 7) is 8.82. The highest BCUT2D eigenvalue weighted by Crippen LogP contribution is 2.37. The van der Waals surface area contributed by atoms with Crippen LogP contribution in [0.4, 0.5) is 0 Å². The van der Waals surface area contributed by atoms with Crippen molar-refractivity contribution in [2.24, 2.45) is 5.41 Å². The fourth-order valence-electron chi connectivity index (χ4n) is 4.45. The standard InChI is InChI=1S/C26H33N3O2/c1-3-30-20-26(14-13-22-7-5-4-6-8-22)15-17-29(18-16-26)19-23-9-11-24(12-10-23)25-27-21(2)28-31-25/h4-12H,3,13-20H2,1-2H3. The van der Waals surface area contributed by atoms with Gasteiger partial charge in [-0.2, -0.15) is 4.98 Å². The summed E-state index contributed by atoms with van der Waals surface area (Å²) in [6, 6.07) is 19.3. The van der Waals surface area contributed by atoms with Crippen LogP contribution in [0.3, 0.4) is 0 Å². The largest absolute Gasteiger partial charge is 0.381 e. The van der Waals surface area contributed by atoms with Crippen molar-refractivity contribution in [1.82, 2.24) is 15.0 Å². The molecule has 0 radical (unpaired) electrons. The van der Waals surface area contributed by atoms with E-state index in [0.29, 0.717) is 17.1 Å². The highest BCUT2D eigenvalue weighted by molar-refractivity contribution is 5.53. The molecule has 4 rings (SSSR count). The zero-order valence-electron chi connectivity index (χ0n) is 18.7. The molecule has 2 heterocycles. The summed E-state index contributed by atoms with van der Waals surface area (Å²) in [5, 5.41) is 3.87. The number of aromatic nitrogens is 2. The van der Waals surface area contributed by atoms with Crippen LogP contribution in [0.15, 0.2) is 59.1 Å². The molecule has 1 aliphatic heterocycles. The van der Waals surface area contributed by atoms with Crippen LogP contribution in [0.1, 0.15) is 43.1 Å². The topological polar surface area (TPSA) is 51.4 Å². The summed E-state index contributed by atoms with van der Waals surface area (Å²) in [5.74, 6) is 1.25. The van der Waals surface area contributed by atoms with E-state index in [0.717, 1.165) is 44.8 Å². The minimum absolute atomic E-state index is 0.294. The molecule has 2 aromatic carbocycles. The van der Waals surface area contributed by atoms with Crippen molar-refractivity contribution in [3.05, 3.63) is 71.5 Å². The molecule has 1 aromatic heterocycles. The van der Waals surface area contributed by atoms with Gasteiger partial charge in [-0.3, -0.25) is 4.90 Å². The second-order valence-electron chi connectivity index (χ2n) is 8.74. The molecule has 0 aliphatic carbocycles. The van der Waals surface area contributed by atoms with Crippen LogP contribution in [0.25, 0.3) is 11.5 Å². The fourth-order valence-corrected chi connectivity index (χ4v) is 4.45. The number of piperidine rings is 1. The number of hydrogen-bond donors (Lipinski definition) is 0. The number of ether oxygens (including phenoxy) is 1. The summed E-state index contributed by atoms with van der Waals surface area (Å²) in [6.07, 6.45) is 4.71. The van der Waals surface area contributed by atoms with Crippen molar-refractivity contribution in [3.8, 4) is 11.5 Å². The average Bonchev–Trinajstić information content (AvgIpc) is 3.25. The van der Waals surface area contributed by atoms with Crippen LogP contribution in [0.2, 0.25) is 0 Å². The molecule has 3 aromatic rings. The number of benzene rings is 2. The van der Waals surface area contributed by atoms with Crippen molar-refractivity contribution in [3.63, 3.8) is 0 Å². The Labute approximate surface area is 185 Å². The molecule has 1 fully saturated rings. The van der Waals surface area contributed by atoms with E-state index in [9.17, 15) is 0 Å². The number of rotatable bonds is 9. The maximum atomic E-state index is 5.94. The number of likely N-dealkylation sites (tertiary alicyclic amines) is 1. The molecule has 0 unspecified atom stereocenters. The summed E-state index contributed by atoms with van der Waals surface area (Å²) in [7, 11) is 0. The Balaban J connectivity index is 1.33. The molecule has 0 atom stereocenters. The van der Waals surface area contributed by atoms with Crippen LogP contribution in [0.5, 0.6) is 0 Å². The van der Waals surface area contributed by atoms with Gasteiger partial charge in [-0.15, -0.1) is 0 Å². The Morgan fingerprint density at radius 3 is 2.39 bits per heavy atom. The third-order valence-corrected chi connectivity index (χ3v) is 6.45. The Kier molecular flexibility index (Phi) is 7.15. The zero-order valence-corrected chi connectivity index (χ0v) is 18.7. The molecule has 0 bridgehead atoms. The molecule has 5 nitrogen and oxygen atoms in total. The van der Waals surface area contributed by atoms with Gasteiger partial charge >= 0.3 is 0 Å². The SMILES string of the molecule is CCOCC1(CCc2ccccc2)CCN(Cc2ccc(-c3nc(C)no3)cc2)CC1. The summed E-state index contributed by atoms with van der Waals surface area (Å²) < 4.78 is 11.2. The smallest absolute Gasteiger partial charge is 0.257 e.